The Balaban J connectivity index is 1.79. The molecule has 0 aliphatic carbocycles. The molecule has 0 aromatic heterocycles. The quantitative estimate of drug-likeness (QED) is 0.407. The number of halogens is 4. The molecule has 0 saturated carbocycles. The standard InChI is InChI=1S/C20H20ClF3N2O4S/c21-10-1-3-11(4-2-10)31-20-19(29)17(18(28)15(8-27)30-20)26-7-14(25)9-5-12(22)16(24)13(23)6-9/h1-7,15,17-20,26-29H,8,25H2/b14-7-. The molecule has 1 saturated heterocycles. The third-order valence-corrected chi connectivity index (χ3v) is 6.12. The van der Waals surface area contributed by atoms with Crippen LogP contribution in [0.3, 0.4) is 0 Å². The number of aliphatic hydroxyl groups is 3. The number of nitrogens with one attached hydrogen (secondary N) is 1. The molecule has 1 aliphatic rings. The number of hydrogen-bond acceptors (Lipinski definition) is 7. The second-order valence-corrected chi connectivity index (χ2v) is 8.43. The van der Waals surface area contributed by atoms with Gasteiger partial charge in [-0.1, -0.05) is 23.4 Å². The van der Waals surface area contributed by atoms with Gasteiger partial charge in [-0.25, -0.2) is 13.2 Å². The van der Waals surface area contributed by atoms with Crippen LogP contribution in [-0.2, 0) is 4.74 Å². The van der Waals surface area contributed by atoms with E-state index < -0.39 is 53.8 Å². The molecule has 6 N–H and O–H groups in total. The molecule has 6 nitrogen and oxygen atoms in total. The van der Waals surface area contributed by atoms with Crippen molar-refractivity contribution in [3.05, 3.63) is 70.6 Å². The topological polar surface area (TPSA) is 108 Å². The van der Waals surface area contributed by atoms with Gasteiger partial charge >= 0.3 is 0 Å². The van der Waals surface area contributed by atoms with Gasteiger partial charge in [-0.05, 0) is 36.4 Å². The van der Waals surface area contributed by atoms with Crippen LogP contribution >= 0.6 is 23.4 Å². The first-order chi connectivity index (χ1) is 14.7. The van der Waals surface area contributed by atoms with Gasteiger partial charge in [-0.2, -0.15) is 0 Å². The molecule has 11 heteroatoms. The van der Waals surface area contributed by atoms with Crippen LogP contribution in [0.4, 0.5) is 13.2 Å². The first-order valence-corrected chi connectivity index (χ1v) is 10.4. The summed E-state index contributed by atoms with van der Waals surface area (Å²) in [5.74, 6) is -4.43. The first kappa shape index (κ1) is 23.7. The fourth-order valence-electron chi connectivity index (χ4n) is 3.02. The molecule has 1 fully saturated rings. The van der Waals surface area contributed by atoms with Crippen LogP contribution in [0.15, 0.2) is 47.5 Å². The van der Waals surface area contributed by atoms with Gasteiger partial charge in [-0.15, -0.1) is 0 Å². The third kappa shape index (κ3) is 5.46. The van der Waals surface area contributed by atoms with Crippen LogP contribution in [0, 0.1) is 17.5 Å². The third-order valence-electron chi connectivity index (χ3n) is 4.70. The Morgan fingerprint density at radius 2 is 1.74 bits per heavy atom. The summed E-state index contributed by atoms with van der Waals surface area (Å²) in [4.78, 5) is 0.729. The zero-order valence-corrected chi connectivity index (χ0v) is 17.5. The van der Waals surface area contributed by atoms with E-state index in [1.807, 2.05) is 0 Å². The summed E-state index contributed by atoms with van der Waals surface area (Å²) < 4.78 is 45.6. The average molecular weight is 477 g/mol. The molecule has 3 rings (SSSR count). The largest absolute Gasteiger partial charge is 0.397 e. The number of ether oxygens (including phenoxy) is 1. The van der Waals surface area contributed by atoms with Gasteiger partial charge in [0.15, 0.2) is 17.5 Å². The molecule has 31 heavy (non-hydrogen) atoms. The Morgan fingerprint density at radius 1 is 1.13 bits per heavy atom. The number of thioether (sulfide) groups is 1. The molecule has 2 aromatic rings. The molecule has 5 atom stereocenters. The van der Waals surface area contributed by atoms with E-state index in [2.05, 4.69) is 5.32 Å². The number of rotatable bonds is 6. The molecule has 0 spiro atoms. The molecular weight excluding hydrogens is 457 g/mol. The lowest BCUT2D eigenvalue weighted by Gasteiger charge is -2.42. The van der Waals surface area contributed by atoms with Gasteiger partial charge in [0, 0.05) is 21.7 Å². The molecule has 168 valence electrons. The van der Waals surface area contributed by atoms with Gasteiger partial charge in [0.1, 0.15) is 23.7 Å². The minimum atomic E-state index is -1.62. The summed E-state index contributed by atoms with van der Waals surface area (Å²) in [5.41, 5.74) is 4.65. The maximum absolute atomic E-state index is 13.4. The highest BCUT2D eigenvalue weighted by atomic mass is 35.5. The highest BCUT2D eigenvalue weighted by Gasteiger charge is 2.44. The summed E-state index contributed by atoms with van der Waals surface area (Å²) >= 11 is 7.03. The van der Waals surface area contributed by atoms with Gasteiger partial charge in [0.2, 0.25) is 0 Å². The molecular formula is C20H20ClF3N2O4S. The minimum absolute atomic E-state index is 0.134. The Morgan fingerprint density at radius 3 is 2.32 bits per heavy atom. The fraction of sp³-hybridized carbons (Fsp3) is 0.300. The fourth-order valence-corrected chi connectivity index (χ4v) is 4.21. The number of aliphatic hydroxyl groups excluding tert-OH is 3. The maximum Gasteiger partial charge on any atom is 0.194 e. The maximum atomic E-state index is 13.4. The first-order valence-electron chi connectivity index (χ1n) is 9.12. The lowest BCUT2D eigenvalue weighted by molar-refractivity contribution is -0.164. The zero-order chi connectivity index (χ0) is 22.7. The van der Waals surface area contributed by atoms with E-state index in [-0.39, 0.29) is 11.3 Å². The predicted molar refractivity (Wildman–Crippen MR) is 110 cm³/mol. The lowest BCUT2D eigenvalue weighted by Crippen LogP contribution is -2.62. The number of nitrogens with two attached hydrogens (primary N) is 1. The average Bonchev–Trinajstić information content (AvgIpc) is 2.74. The molecule has 1 aliphatic heterocycles. The predicted octanol–water partition coefficient (Wildman–Crippen LogP) is 2.20. The van der Waals surface area contributed by atoms with Gasteiger partial charge in [-0.3, -0.25) is 0 Å². The van der Waals surface area contributed by atoms with Crippen molar-refractivity contribution in [2.75, 3.05) is 6.61 Å². The van der Waals surface area contributed by atoms with E-state index in [4.69, 9.17) is 22.1 Å². The SMILES string of the molecule is N/C(=C\NC1C(O)C(CO)OC(Sc2ccc(Cl)cc2)C1O)c1cc(F)c(F)c(F)c1. The monoisotopic (exact) mass is 476 g/mol. The van der Waals surface area contributed by atoms with Crippen LogP contribution in [0.25, 0.3) is 5.70 Å². The van der Waals surface area contributed by atoms with Crippen LogP contribution < -0.4 is 11.1 Å². The van der Waals surface area contributed by atoms with Crippen molar-refractivity contribution in [1.29, 1.82) is 0 Å². The Hall–Kier alpha value is -1.95. The van der Waals surface area contributed by atoms with E-state index in [1.54, 1.807) is 24.3 Å². The number of benzene rings is 2. The van der Waals surface area contributed by atoms with Crippen molar-refractivity contribution in [2.24, 2.45) is 5.73 Å². The van der Waals surface area contributed by atoms with Crippen molar-refractivity contribution in [3.63, 3.8) is 0 Å². The highest BCUT2D eigenvalue weighted by Crippen LogP contribution is 2.34. The van der Waals surface area contributed by atoms with Crippen molar-refractivity contribution in [3.8, 4) is 0 Å². The molecule has 0 bridgehead atoms. The van der Waals surface area contributed by atoms with Crippen LogP contribution in [0.5, 0.6) is 0 Å². The molecule has 0 radical (unpaired) electrons. The van der Waals surface area contributed by atoms with Gasteiger partial charge in [0.25, 0.3) is 0 Å². The van der Waals surface area contributed by atoms with Gasteiger partial charge < -0.3 is 31.1 Å². The second-order valence-electron chi connectivity index (χ2n) is 6.82. The molecule has 2 aromatic carbocycles. The van der Waals surface area contributed by atoms with Crippen molar-refractivity contribution in [2.45, 2.75) is 34.7 Å². The van der Waals surface area contributed by atoms with Crippen LogP contribution in [0.2, 0.25) is 5.02 Å². The van der Waals surface area contributed by atoms with Crippen LogP contribution in [-0.4, -0.2) is 51.7 Å². The molecule has 1 heterocycles. The Bertz CT molecular complexity index is 928. The molecule has 0 amide bonds. The van der Waals surface area contributed by atoms with E-state index in [0.29, 0.717) is 5.02 Å². The zero-order valence-electron chi connectivity index (χ0n) is 15.9. The normalized spacial score (nSPS) is 26.7. The Kier molecular flexibility index (Phi) is 7.73. The molecule has 5 unspecified atom stereocenters. The van der Waals surface area contributed by atoms with E-state index in [1.165, 1.54) is 0 Å². The number of hydrogen-bond donors (Lipinski definition) is 5. The van der Waals surface area contributed by atoms with Crippen molar-refractivity contribution in [1.82, 2.24) is 5.32 Å². The van der Waals surface area contributed by atoms with Crippen molar-refractivity contribution >= 4 is 29.1 Å². The van der Waals surface area contributed by atoms with Crippen LogP contribution in [0.1, 0.15) is 5.56 Å². The second kappa shape index (κ2) is 10.1. The summed E-state index contributed by atoms with van der Waals surface area (Å²) in [5, 5.41) is 34.0. The van der Waals surface area contributed by atoms with Gasteiger partial charge in [0.05, 0.1) is 18.3 Å². The summed E-state index contributed by atoms with van der Waals surface area (Å²) in [6.07, 6.45) is -2.47. The Labute approximate surface area is 185 Å². The lowest BCUT2D eigenvalue weighted by atomic mass is 9.97. The summed E-state index contributed by atoms with van der Waals surface area (Å²) in [6, 6.07) is 7.18. The smallest absolute Gasteiger partial charge is 0.194 e. The highest BCUT2D eigenvalue weighted by molar-refractivity contribution is 7.99. The van der Waals surface area contributed by atoms with E-state index in [0.717, 1.165) is 35.0 Å². The minimum Gasteiger partial charge on any atom is -0.397 e. The summed E-state index contributed by atoms with van der Waals surface area (Å²) in [6.45, 7) is -0.517. The summed E-state index contributed by atoms with van der Waals surface area (Å²) in [7, 11) is 0. The van der Waals surface area contributed by atoms with Crippen molar-refractivity contribution < 1.29 is 33.2 Å². The van der Waals surface area contributed by atoms with E-state index >= 15 is 0 Å². The van der Waals surface area contributed by atoms with E-state index in [9.17, 15) is 28.5 Å².